The Balaban J connectivity index is 2.17. The van der Waals surface area contributed by atoms with Crippen LogP contribution in [-0.2, 0) is 6.42 Å². The van der Waals surface area contributed by atoms with Crippen LogP contribution >= 0.6 is 0 Å². The monoisotopic (exact) mass is 287 g/mol. The lowest BCUT2D eigenvalue weighted by Gasteiger charge is -2.11. The number of anilines is 1. The lowest BCUT2D eigenvalue weighted by molar-refractivity contribution is 0.373. The van der Waals surface area contributed by atoms with Gasteiger partial charge >= 0.3 is 0 Å². The maximum Gasteiger partial charge on any atom is 0.224 e. The summed E-state index contributed by atoms with van der Waals surface area (Å²) in [5.74, 6) is 2.60. The summed E-state index contributed by atoms with van der Waals surface area (Å²) in [5, 5.41) is 3.20. The molecule has 1 N–H and O–H groups in total. The Morgan fingerprint density at radius 2 is 1.95 bits per heavy atom. The zero-order valence-corrected chi connectivity index (χ0v) is 12.7. The second-order valence-corrected chi connectivity index (χ2v) is 4.61. The van der Waals surface area contributed by atoms with Crippen LogP contribution in [0.4, 0.5) is 5.82 Å². The summed E-state index contributed by atoms with van der Waals surface area (Å²) >= 11 is 0. The van der Waals surface area contributed by atoms with Crippen LogP contribution < -0.4 is 14.8 Å². The van der Waals surface area contributed by atoms with Gasteiger partial charge in [-0.05, 0) is 30.5 Å². The van der Waals surface area contributed by atoms with Crippen LogP contribution in [0.15, 0.2) is 30.6 Å². The molecule has 2 aromatic rings. The molecule has 0 aliphatic heterocycles. The number of ether oxygens (including phenoxy) is 2. The van der Waals surface area contributed by atoms with Crippen molar-refractivity contribution in [2.45, 2.75) is 26.7 Å². The van der Waals surface area contributed by atoms with Gasteiger partial charge in [-0.2, -0.15) is 0 Å². The van der Waals surface area contributed by atoms with Crippen LogP contribution in [0.3, 0.4) is 0 Å². The molecule has 0 amide bonds. The minimum absolute atomic E-state index is 0.492. The average Bonchev–Trinajstić information content (AvgIpc) is 2.53. The molecule has 1 heterocycles. The molecule has 1 aromatic carbocycles. The molecule has 0 saturated carbocycles. The molecule has 112 valence electrons. The van der Waals surface area contributed by atoms with Crippen LogP contribution in [-0.4, -0.2) is 23.6 Å². The first-order valence-electron chi connectivity index (χ1n) is 7.17. The first-order valence-corrected chi connectivity index (χ1v) is 7.17. The van der Waals surface area contributed by atoms with E-state index in [2.05, 4.69) is 29.1 Å². The predicted molar refractivity (Wildman–Crippen MR) is 83.3 cm³/mol. The van der Waals surface area contributed by atoms with E-state index >= 15 is 0 Å². The van der Waals surface area contributed by atoms with Crippen LogP contribution in [0.5, 0.6) is 17.4 Å². The highest BCUT2D eigenvalue weighted by Crippen LogP contribution is 2.32. The summed E-state index contributed by atoms with van der Waals surface area (Å²) in [6.45, 7) is 5.07. The molecule has 0 radical (unpaired) electrons. The predicted octanol–water partition coefficient (Wildman–Crippen LogP) is 3.66. The number of methoxy groups -OCH3 is 1. The van der Waals surface area contributed by atoms with E-state index in [1.807, 2.05) is 18.2 Å². The molecular formula is C16H21N3O2. The molecule has 2 rings (SSSR count). The largest absolute Gasteiger partial charge is 0.493 e. The average molecular weight is 287 g/mol. The van der Waals surface area contributed by atoms with Gasteiger partial charge in [0.05, 0.1) is 7.11 Å². The topological polar surface area (TPSA) is 56.3 Å². The molecule has 1 aromatic heterocycles. The number of hydrogen-bond donors (Lipinski definition) is 1. The highest BCUT2D eigenvalue weighted by Gasteiger charge is 2.08. The van der Waals surface area contributed by atoms with E-state index in [1.54, 1.807) is 13.2 Å². The standard InChI is InChI=1S/C16H21N3O2/c1-4-8-17-15-10-16(19-11-18-15)21-13-7-6-12(5-2)9-14(13)20-3/h6-7,9-11H,4-5,8H2,1-3H3,(H,17,18,19). The maximum absolute atomic E-state index is 5.80. The fourth-order valence-electron chi connectivity index (χ4n) is 1.87. The van der Waals surface area contributed by atoms with Crippen LogP contribution in [0, 0.1) is 0 Å². The highest BCUT2D eigenvalue weighted by atomic mass is 16.5. The normalized spacial score (nSPS) is 10.2. The molecule has 0 bridgehead atoms. The maximum atomic E-state index is 5.80. The number of benzene rings is 1. The van der Waals surface area contributed by atoms with Crippen molar-refractivity contribution in [1.29, 1.82) is 0 Å². The van der Waals surface area contributed by atoms with Gasteiger partial charge in [0.2, 0.25) is 5.88 Å². The Kier molecular flexibility index (Phi) is 5.37. The van der Waals surface area contributed by atoms with Crippen LogP contribution in [0.2, 0.25) is 0 Å². The van der Waals surface area contributed by atoms with E-state index in [9.17, 15) is 0 Å². The van der Waals surface area contributed by atoms with E-state index in [1.165, 1.54) is 11.9 Å². The third-order valence-corrected chi connectivity index (χ3v) is 3.05. The molecule has 5 heteroatoms. The van der Waals surface area contributed by atoms with Gasteiger partial charge in [-0.1, -0.05) is 19.9 Å². The first kappa shape index (κ1) is 15.1. The van der Waals surface area contributed by atoms with E-state index < -0.39 is 0 Å². The molecule has 0 unspecified atom stereocenters. The minimum atomic E-state index is 0.492. The van der Waals surface area contributed by atoms with Gasteiger partial charge in [-0.3, -0.25) is 0 Å². The smallest absolute Gasteiger partial charge is 0.224 e. The third-order valence-electron chi connectivity index (χ3n) is 3.05. The van der Waals surface area contributed by atoms with Crippen molar-refractivity contribution < 1.29 is 9.47 Å². The summed E-state index contributed by atoms with van der Waals surface area (Å²) in [7, 11) is 1.63. The molecule has 21 heavy (non-hydrogen) atoms. The minimum Gasteiger partial charge on any atom is -0.493 e. The number of nitrogens with one attached hydrogen (secondary N) is 1. The lowest BCUT2D eigenvalue weighted by atomic mass is 10.1. The van der Waals surface area contributed by atoms with Crippen LogP contribution in [0.1, 0.15) is 25.8 Å². The van der Waals surface area contributed by atoms with E-state index in [4.69, 9.17) is 9.47 Å². The molecular weight excluding hydrogens is 266 g/mol. The zero-order valence-electron chi connectivity index (χ0n) is 12.7. The second-order valence-electron chi connectivity index (χ2n) is 4.61. The summed E-state index contributed by atoms with van der Waals surface area (Å²) in [4.78, 5) is 8.29. The molecule has 5 nitrogen and oxygen atoms in total. The van der Waals surface area contributed by atoms with Gasteiger partial charge in [-0.25, -0.2) is 9.97 Å². The number of nitrogens with zero attached hydrogens (tertiary/aromatic N) is 2. The van der Waals surface area contributed by atoms with Crippen molar-refractivity contribution in [2.24, 2.45) is 0 Å². The SMILES string of the molecule is CCCNc1cc(Oc2ccc(CC)cc2OC)ncn1. The zero-order chi connectivity index (χ0) is 15.1. The fraction of sp³-hybridized carbons (Fsp3) is 0.375. The molecule has 0 aliphatic carbocycles. The van der Waals surface area contributed by atoms with Gasteiger partial charge in [0.25, 0.3) is 0 Å². The number of aryl methyl sites for hydroxylation is 1. The molecule has 0 atom stereocenters. The van der Waals surface area contributed by atoms with Gasteiger partial charge in [0.15, 0.2) is 11.5 Å². The highest BCUT2D eigenvalue weighted by molar-refractivity contribution is 5.46. The van der Waals surface area contributed by atoms with Crippen molar-refractivity contribution in [3.8, 4) is 17.4 Å². The Morgan fingerprint density at radius 1 is 1.10 bits per heavy atom. The summed E-state index contributed by atoms with van der Waals surface area (Å²) in [6, 6.07) is 7.68. The Labute approximate surface area is 125 Å². The van der Waals surface area contributed by atoms with Crippen LogP contribution in [0.25, 0.3) is 0 Å². The van der Waals surface area contributed by atoms with Crippen molar-refractivity contribution in [2.75, 3.05) is 19.0 Å². The fourth-order valence-corrected chi connectivity index (χ4v) is 1.87. The number of rotatable bonds is 7. The Morgan fingerprint density at radius 3 is 2.67 bits per heavy atom. The Hall–Kier alpha value is -2.30. The summed E-state index contributed by atoms with van der Waals surface area (Å²) in [6.07, 6.45) is 3.47. The van der Waals surface area contributed by atoms with Crippen molar-refractivity contribution >= 4 is 5.82 Å². The number of hydrogen-bond acceptors (Lipinski definition) is 5. The summed E-state index contributed by atoms with van der Waals surface area (Å²) < 4.78 is 11.2. The molecule has 0 aliphatic rings. The van der Waals surface area contributed by atoms with Crippen molar-refractivity contribution in [1.82, 2.24) is 9.97 Å². The third kappa shape index (κ3) is 4.08. The van der Waals surface area contributed by atoms with Gasteiger partial charge in [0, 0.05) is 12.6 Å². The van der Waals surface area contributed by atoms with E-state index in [0.717, 1.165) is 25.2 Å². The molecule has 0 fully saturated rings. The lowest BCUT2D eigenvalue weighted by Crippen LogP contribution is -2.02. The quantitative estimate of drug-likeness (QED) is 0.842. The van der Waals surface area contributed by atoms with Gasteiger partial charge < -0.3 is 14.8 Å². The van der Waals surface area contributed by atoms with Crippen molar-refractivity contribution in [3.63, 3.8) is 0 Å². The second kappa shape index (κ2) is 7.47. The first-order chi connectivity index (χ1) is 10.3. The van der Waals surface area contributed by atoms with E-state index in [0.29, 0.717) is 17.4 Å². The summed E-state index contributed by atoms with van der Waals surface area (Å²) in [5.41, 5.74) is 1.20. The Bertz CT molecular complexity index is 587. The molecule has 0 spiro atoms. The van der Waals surface area contributed by atoms with E-state index in [-0.39, 0.29) is 0 Å². The van der Waals surface area contributed by atoms with Gasteiger partial charge in [0.1, 0.15) is 12.1 Å². The number of aromatic nitrogens is 2. The van der Waals surface area contributed by atoms with Gasteiger partial charge in [-0.15, -0.1) is 0 Å². The molecule has 0 saturated heterocycles. The van der Waals surface area contributed by atoms with Crippen molar-refractivity contribution in [3.05, 3.63) is 36.2 Å².